The van der Waals surface area contributed by atoms with Crippen molar-refractivity contribution in [3.8, 4) is 0 Å². The quantitative estimate of drug-likeness (QED) is 0.810. The second-order valence-corrected chi connectivity index (χ2v) is 6.44. The number of nitrogens with zero attached hydrogens (tertiary/aromatic N) is 1. The Kier molecular flexibility index (Phi) is 5.33. The van der Waals surface area contributed by atoms with Crippen LogP contribution in [0.4, 0.5) is 4.79 Å². The van der Waals surface area contributed by atoms with E-state index < -0.39 is 16.1 Å². The molecule has 6 nitrogen and oxygen atoms in total. The summed E-state index contributed by atoms with van der Waals surface area (Å²) in [5, 5.41) is 3.40. The van der Waals surface area contributed by atoms with Gasteiger partial charge in [-0.25, -0.2) is 18.2 Å². The Balaban J connectivity index is 2.99. The first-order chi connectivity index (χ1) is 8.77. The lowest BCUT2D eigenvalue weighted by Crippen LogP contribution is -2.48. The number of benzene rings is 1. The molecule has 0 radical (unpaired) electrons. The van der Waals surface area contributed by atoms with E-state index in [4.69, 9.17) is 0 Å². The molecule has 19 heavy (non-hydrogen) atoms. The maximum Gasteiger partial charge on any atom is 0.332 e. The lowest BCUT2D eigenvalue weighted by molar-refractivity contribution is 0.202. The van der Waals surface area contributed by atoms with Crippen molar-refractivity contribution in [2.45, 2.75) is 18.7 Å². The van der Waals surface area contributed by atoms with Crippen molar-refractivity contribution in [3.63, 3.8) is 0 Å². The highest BCUT2D eigenvalue weighted by Gasteiger charge is 2.21. The Morgan fingerprint density at radius 1 is 1.42 bits per heavy atom. The van der Waals surface area contributed by atoms with Crippen LogP contribution in [0.5, 0.6) is 0 Å². The van der Waals surface area contributed by atoms with E-state index in [1.54, 1.807) is 26.0 Å². The molecular formula is C11H16BrN3O3S. The number of aryl methyl sites for hydroxylation is 1. The lowest BCUT2D eigenvalue weighted by atomic mass is 10.2. The van der Waals surface area contributed by atoms with Gasteiger partial charge in [0.25, 0.3) is 10.0 Å². The van der Waals surface area contributed by atoms with E-state index in [9.17, 15) is 13.2 Å². The first kappa shape index (κ1) is 15.9. The predicted octanol–water partition coefficient (Wildman–Crippen LogP) is 1.61. The van der Waals surface area contributed by atoms with Crippen LogP contribution in [0.1, 0.15) is 12.5 Å². The molecule has 0 aromatic heterocycles. The molecule has 0 aliphatic rings. The zero-order valence-corrected chi connectivity index (χ0v) is 13.3. The van der Waals surface area contributed by atoms with Crippen LogP contribution in [-0.2, 0) is 10.0 Å². The van der Waals surface area contributed by atoms with Gasteiger partial charge in [-0.05, 0) is 31.5 Å². The minimum absolute atomic E-state index is 0.123. The first-order valence-electron chi connectivity index (χ1n) is 5.58. The van der Waals surface area contributed by atoms with Crippen LogP contribution in [0, 0.1) is 6.92 Å². The molecule has 0 saturated carbocycles. The van der Waals surface area contributed by atoms with Crippen LogP contribution in [-0.4, -0.2) is 33.1 Å². The predicted molar refractivity (Wildman–Crippen MR) is 76.0 cm³/mol. The van der Waals surface area contributed by atoms with Crippen LogP contribution in [0.15, 0.2) is 27.6 Å². The van der Waals surface area contributed by atoms with Crippen LogP contribution < -0.4 is 10.1 Å². The molecule has 8 heteroatoms. The van der Waals surface area contributed by atoms with Gasteiger partial charge in [0.2, 0.25) is 0 Å². The number of carbonyl (C=O) groups is 1. The highest BCUT2D eigenvalue weighted by atomic mass is 79.9. The fourth-order valence-corrected chi connectivity index (χ4v) is 3.23. The smallest absolute Gasteiger partial charge is 0.332 e. The molecule has 0 unspecified atom stereocenters. The molecule has 0 heterocycles. The Morgan fingerprint density at radius 2 is 2.05 bits per heavy atom. The molecule has 0 bridgehead atoms. The molecule has 0 aliphatic carbocycles. The third-order valence-corrected chi connectivity index (χ3v) is 4.36. The summed E-state index contributed by atoms with van der Waals surface area (Å²) in [6, 6.07) is 4.41. The van der Waals surface area contributed by atoms with Crippen molar-refractivity contribution in [3.05, 3.63) is 28.2 Å². The SMILES string of the molecule is CCNC(=O)N(C)NS(=O)(=O)c1cc(Br)ccc1C. The van der Waals surface area contributed by atoms with Gasteiger partial charge in [-0.2, -0.15) is 0 Å². The minimum Gasteiger partial charge on any atom is -0.337 e. The second-order valence-electron chi connectivity index (χ2n) is 3.90. The average Bonchev–Trinajstić information content (AvgIpc) is 2.31. The van der Waals surface area contributed by atoms with E-state index >= 15 is 0 Å². The number of carbonyl (C=O) groups excluding carboxylic acids is 1. The van der Waals surface area contributed by atoms with Gasteiger partial charge in [-0.3, -0.25) is 0 Å². The van der Waals surface area contributed by atoms with E-state index in [0.717, 1.165) is 5.01 Å². The van der Waals surface area contributed by atoms with E-state index in [0.29, 0.717) is 16.6 Å². The number of amides is 2. The second kappa shape index (κ2) is 6.36. The normalized spacial score (nSPS) is 11.2. The van der Waals surface area contributed by atoms with Gasteiger partial charge in [-0.15, -0.1) is 4.83 Å². The summed E-state index contributed by atoms with van der Waals surface area (Å²) >= 11 is 3.22. The molecule has 1 rings (SSSR count). The number of urea groups is 1. The molecule has 0 spiro atoms. The molecule has 0 atom stereocenters. The summed E-state index contributed by atoms with van der Waals surface area (Å²) in [5.74, 6) is 0. The largest absolute Gasteiger partial charge is 0.337 e. The summed E-state index contributed by atoms with van der Waals surface area (Å²) in [7, 11) is -2.45. The molecule has 106 valence electrons. The fourth-order valence-electron chi connectivity index (χ4n) is 1.40. The summed E-state index contributed by atoms with van der Waals surface area (Å²) in [4.78, 5) is 13.8. The molecule has 1 aromatic rings. The number of sulfonamides is 1. The molecule has 0 fully saturated rings. The van der Waals surface area contributed by atoms with Crippen LogP contribution in [0.3, 0.4) is 0 Å². The third-order valence-electron chi connectivity index (χ3n) is 2.33. The van der Waals surface area contributed by atoms with Crippen LogP contribution in [0.2, 0.25) is 0 Å². The van der Waals surface area contributed by atoms with Crippen molar-refractivity contribution < 1.29 is 13.2 Å². The van der Waals surface area contributed by atoms with Gasteiger partial charge in [0.1, 0.15) is 0 Å². The number of nitrogens with one attached hydrogen (secondary N) is 2. The minimum atomic E-state index is -3.79. The molecule has 0 aliphatic heterocycles. The van der Waals surface area contributed by atoms with Gasteiger partial charge >= 0.3 is 6.03 Å². The summed E-state index contributed by atoms with van der Waals surface area (Å²) < 4.78 is 25.0. The molecule has 0 saturated heterocycles. The molecule has 1 aromatic carbocycles. The molecule has 2 N–H and O–H groups in total. The lowest BCUT2D eigenvalue weighted by Gasteiger charge is -2.19. The Morgan fingerprint density at radius 3 is 2.63 bits per heavy atom. The summed E-state index contributed by atoms with van der Waals surface area (Å²) in [6.45, 7) is 3.85. The highest BCUT2D eigenvalue weighted by molar-refractivity contribution is 9.10. The zero-order chi connectivity index (χ0) is 14.6. The topological polar surface area (TPSA) is 78.5 Å². The van der Waals surface area contributed by atoms with Gasteiger partial charge in [0.05, 0.1) is 4.90 Å². The summed E-state index contributed by atoms with van der Waals surface area (Å²) in [5.41, 5.74) is 0.597. The summed E-state index contributed by atoms with van der Waals surface area (Å²) in [6.07, 6.45) is 0. The Labute approximate surface area is 121 Å². The maximum absolute atomic E-state index is 12.2. The van der Waals surface area contributed by atoms with Crippen LogP contribution in [0.25, 0.3) is 0 Å². The van der Waals surface area contributed by atoms with E-state index in [1.165, 1.54) is 13.1 Å². The first-order valence-corrected chi connectivity index (χ1v) is 7.85. The number of rotatable bonds is 4. The number of hydrogen-bond donors (Lipinski definition) is 2. The van der Waals surface area contributed by atoms with Crippen molar-refractivity contribution in [2.75, 3.05) is 13.6 Å². The van der Waals surface area contributed by atoms with Crippen molar-refractivity contribution in [1.29, 1.82) is 0 Å². The van der Waals surface area contributed by atoms with Crippen molar-refractivity contribution in [2.24, 2.45) is 0 Å². The number of hydrazine groups is 1. The van der Waals surface area contributed by atoms with Gasteiger partial charge in [0, 0.05) is 18.1 Å². The monoisotopic (exact) mass is 349 g/mol. The third kappa shape index (κ3) is 4.19. The van der Waals surface area contributed by atoms with Gasteiger partial charge < -0.3 is 5.32 Å². The maximum atomic E-state index is 12.2. The van der Waals surface area contributed by atoms with E-state index in [1.807, 2.05) is 0 Å². The Bertz CT molecular complexity index is 575. The average molecular weight is 350 g/mol. The molecular weight excluding hydrogens is 334 g/mol. The Hall–Kier alpha value is -1.12. The van der Waals surface area contributed by atoms with Gasteiger partial charge in [0.15, 0.2) is 0 Å². The van der Waals surface area contributed by atoms with Crippen molar-refractivity contribution >= 4 is 32.0 Å². The van der Waals surface area contributed by atoms with E-state index in [-0.39, 0.29) is 4.90 Å². The van der Waals surface area contributed by atoms with Crippen molar-refractivity contribution in [1.82, 2.24) is 15.2 Å². The van der Waals surface area contributed by atoms with Gasteiger partial charge in [-0.1, -0.05) is 22.0 Å². The highest BCUT2D eigenvalue weighted by Crippen LogP contribution is 2.20. The number of hydrogen-bond acceptors (Lipinski definition) is 3. The van der Waals surface area contributed by atoms with E-state index in [2.05, 4.69) is 26.1 Å². The number of halogens is 1. The zero-order valence-electron chi connectivity index (χ0n) is 10.9. The molecule has 2 amide bonds. The standard InChI is InChI=1S/C11H16BrN3O3S/c1-4-13-11(16)15(3)14-19(17,18)10-7-9(12)6-5-8(10)2/h5-7,14H,4H2,1-3H3,(H,13,16). The van der Waals surface area contributed by atoms with Crippen LogP contribution >= 0.6 is 15.9 Å². The fraction of sp³-hybridized carbons (Fsp3) is 0.364.